The van der Waals surface area contributed by atoms with Gasteiger partial charge in [0, 0.05) is 31.3 Å². The van der Waals surface area contributed by atoms with Gasteiger partial charge in [-0.3, -0.25) is 9.59 Å². The fraction of sp³-hybridized carbons (Fsp3) is 0.222. The Morgan fingerprint density at radius 3 is 2.54 bits per heavy atom. The number of amides is 2. The Hall–Kier alpha value is -2.76. The number of fused-ring (bicyclic) bond motifs is 1. The molecule has 4 nitrogen and oxygen atoms in total. The largest absolute Gasteiger partial charge is 0.338 e. The van der Waals surface area contributed by atoms with Crippen molar-refractivity contribution in [2.45, 2.75) is 19.9 Å². The number of halogens is 2. The van der Waals surface area contributed by atoms with Crippen LogP contribution < -0.4 is 5.32 Å². The van der Waals surface area contributed by atoms with Crippen LogP contribution in [0.1, 0.15) is 28.4 Å². The van der Waals surface area contributed by atoms with Gasteiger partial charge in [0.05, 0.1) is 0 Å². The fourth-order valence-corrected chi connectivity index (χ4v) is 2.74. The Morgan fingerprint density at radius 1 is 1.04 bits per heavy atom. The Bertz CT molecular complexity index is 821. The highest BCUT2D eigenvalue weighted by atomic mass is 19.2. The number of carbonyl (C=O) groups is 2. The van der Waals surface area contributed by atoms with Crippen molar-refractivity contribution in [1.29, 1.82) is 0 Å². The molecule has 1 heterocycles. The highest BCUT2D eigenvalue weighted by Crippen LogP contribution is 2.23. The first-order chi connectivity index (χ1) is 11.4. The monoisotopic (exact) mass is 330 g/mol. The molecule has 0 bridgehead atoms. The first-order valence-corrected chi connectivity index (χ1v) is 7.58. The van der Waals surface area contributed by atoms with Gasteiger partial charge in [-0.05, 0) is 47.9 Å². The van der Waals surface area contributed by atoms with Crippen LogP contribution in [0.2, 0.25) is 0 Å². The smallest absolute Gasteiger partial charge is 0.255 e. The quantitative estimate of drug-likeness (QED) is 0.920. The van der Waals surface area contributed by atoms with Crippen LogP contribution in [-0.2, 0) is 17.8 Å². The highest BCUT2D eigenvalue weighted by Gasteiger charge is 2.19. The predicted molar refractivity (Wildman–Crippen MR) is 85.5 cm³/mol. The van der Waals surface area contributed by atoms with Crippen LogP contribution in [-0.4, -0.2) is 23.3 Å². The normalized spacial score (nSPS) is 13.4. The van der Waals surface area contributed by atoms with E-state index in [1.807, 2.05) is 12.1 Å². The Kier molecular flexibility index (Phi) is 4.29. The molecule has 0 aliphatic carbocycles. The number of nitrogens with one attached hydrogen (secondary N) is 1. The Morgan fingerprint density at radius 2 is 1.83 bits per heavy atom. The van der Waals surface area contributed by atoms with Crippen LogP contribution in [0.5, 0.6) is 0 Å². The zero-order valence-electron chi connectivity index (χ0n) is 13.1. The summed E-state index contributed by atoms with van der Waals surface area (Å²) in [6.07, 6.45) is 0.770. The van der Waals surface area contributed by atoms with Crippen molar-refractivity contribution in [2.24, 2.45) is 0 Å². The standard InChI is InChI=1S/C18H16F2N2O2/c1-11(23)22-7-6-12-2-4-15(8-14(12)10-22)21-18(24)13-3-5-16(19)17(20)9-13/h2-5,8-9H,6-7,10H2,1H3,(H,21,24). The molecule has 0 radical (unpaired) electrons. The number of anilines is 1. The topological polar surface area (TPSA) is 49.4 Å². The Labute approximate surface area is 138 Å². The first kappa shape index (κ1) is 16.1. The van der Waals surface area contributed by atoms with E-state index in [9.17, 15) is 18.4 Å². The molecule has 1 aliphatic rings. The van der Waals surface area contributed by atoms with Gasteiger partial charge in [0.2, 0.25) is 5.91 Å². The molecule has 24 heavy (non-hydrogen) atoms. The number of carbonyl (C=O) groups excluding carboxylic acids is 2. The molecule has 0 atom stereocenters. The molecular formula is C18H16F2N2O2. The maximum absolute atomic E-state index is 13.2. The molecule has 0 unspecified atom stereocenters. The van der Waals surface area contributed by atoms with Gasteiger partial charge in [0.25, 0.3) is 5.91 Å². The molecule has 2 aromatic rings. The SMILES string of the molecule is CC(=O)N1CCc2ccc(NC(=O)c3ccc(F)c(F)c3)cc2C1. The van der Waals surface area contributed by atoms with Crippen molar-refractivity contribution in [3.63, 3.8) is 0 Å². The van der Waals surface area contributed by atoms with Crippen LogP contribution in [0.15, 0.2) is 36.4 Å². The summed E-state index contributed by atoms with van der Waals surface area (Å²) in [5.74, 6) is -2.57. The van der Waals surface area contributed by atoms with Crippen molar-refractivity contribution < 1.29 is 18.4 Å². The molecule has 2 amide bonds. The van der Waals surface area contributed by atoms with Crippen LogP contribution in [0.3, 0.4) is 0 Å². The molecule has 0 fully saturated rings. The van der Waals surface area contributed by atoms with Crippen LogP contribution in [0, 0.1) is 11.6 Å². The van der Waals surface area contributed by atoms with Crippen LogP contribution in [0.4, 0.5) is 14.5 Å². The van der Waals surface area contributed by atoms with E-state index < -0.39 is 17.5 Å². The van der Waals surface area contributed by atoms with Gasteiger partial charge < -0.3 is 10.2 Å². The van der Waals surface area contributed by atoms with E-state index >= 15 is 0 Å². The number of nitrogens with zero attached hydrogens (tertiary/aromatic N) is 1. The van der Waals surface area contributed by atoms with Gasteiger partial charge in [0.15, 0.2) is 11.6 Å². The van der Waals surface area contributed by atoms with Crippen molar-refractivity contribution in [3.05, 3.63) is 64.7 Å². The molecule has 6 heteroatoms. The van der Waals surface area contributed by atoms with E-state index in [0.29, 0.717) is 18.8 Å². The van der Waals surface area contributed by atoms with Crippen molar-refractivity contribution in [2.75, 3.05) is 11.9 Å². The zero-order valence-corrected chi connectivity index (χ0v) is 13.1. The van der Waals surface area contributed by atoms with E-state index in [1.54, 1.807) is 11.0 Å². The summed E-state index contributed by atoms with van der Waals surface area (Å²) >= 11 is 0. The van der Waals surface area contributed by atoms with E-state index in [-0.39, 0.29) is 11.5 Å². The summed E-state index contributed by atoms with van der Waals surface area (Å²) in [5, 5.41) is 2.67. The maximum Gasteiger partial charge on any atom is 0.255 e. The summed E-state index contributed by atoms with van der Waals surface area (Å²) in [7, 11) is 0. The second-order valence-corrected chi connectivity index (χ2v) is 5.76. The third-order valence-electron chi connectivity index (χ3n) is 4.10. The lowest BCUT2D eigenvalue weighted by molar-refractivity contribution is -0.129. The molecule has 1 N–H and O–H groups in total. The second-order valence-electron chi connectivity index (χ2n) is 5.76. The fourth-order valence-electron chi connectivity index (χ4n) is 2.74. The van der Waals surface area contributed by atoms with E-state index in [2.05, 4.69) is 5.32 Å². The molecule has 0 aromatic heterocycles. The van der Waals surface area contributed by atoms with Gasteiger partial charge in [-0.2, -0.15) is 0 Å². The number of benzene rings is 2. The number of hydrogen-bond acceptors (Lipinski definition) is 2. The van der Waals surface area contributed by atoms with Gasteiger partial charge in [0.1, 0.15) is 0 Å². The molecule has 1 aliphatic heterocycles. The first-order valence-electron chi connectivity index (χ1n) is 7.58. The van der Waals surface area contributed by atoms with Gasteiger partial charge in [-0.15, -0.1) is 0 Å². The molecule has 0 spiro atoms. The molecule has 0 saturated heterocycles. The zero-order chi connectivity index (χ0) is 17.3. The highest BCUT2D eigenvalue weighted by molar-refractivity contribution is 6.04. The summed E-state index contributed by atoms with van der Waals surface area (Å²) in [6, 6.07) is 8.49. The molecule has 3 rings (SSSR count). The van der Waals surface area contributed by atoms with Crippen LogP contribution in [0.25, 0.3) is 0 Å². The molecule has 124 valence electrons. The summed E-state index contributed by atoms with van der Waals surface area (Å²) in [5.41, 5.74) is 2.70. The lowest BCUT2D eigenvalue weighted by atomic mass is 9.99. The summed E-state index contributed by atoms with van der Waals surface area (Å²) in [4.78, 5) is 25.4. The van der Waals surface area contributed by atoms with Crippen LogP contribution >= 0.6 is 0 Å². The van der Waals surface area contributed by atoms with E-state index in [0.717, 1.165) is 29.7 Å². The minimum atomic E-state index is -1.06. The average Bonchev–Trinajstić information content (AvgIpc) is 2.56. The van der Waals surface area contributed by atoms with Gasteiger partial charge in [-0.1, -0.05) is 6.07 Å². The predicted octanol–water partition coefficient (Wildman–Crippen LogP) is 3.12. The molecule has 0 saturated carbocycles. The average molecular weight is 330 g/mol. The third-order valence-corrected chi connectivity index (χ3v) is 4.10. The molecule has 2 aromatic carbocycles. The third kappa shape index (κ3) is 3.27. The van der Waals surface area contributed by atoms with Gasteiger partial charge in [-0.25, -0.2) is 8.78 Å². The number of hydrogen-bond donors (Lipinski definition) is 1. The molecular weight excluding hydrogens is 314 g/mol. The maximum atomic E-state index is 13.2. The minimum Gasteiger partial charge on any atom is -0.338 e. The number of rotatable bonds is 2. The van der Waals surface area contributed by atoms with E-state index in [4.69, 9.17) is 0 Å². The van der Waals surface area contributed by atoms with Crippen molar-refractivity contribution in [1.82, 2.24) is 4.90 Å². The van der Waals surface area contributed by atoms with E-state index in [1.165, 1.54) is 13.0 Å². The lowest BCUT2D eigenvalue weighted by Gasteiger charge is -2.28. The second kappa shape index (κ2) is 6.39. The van der Waals surface area contributed by atoms with Gasteiger partial charge >= 0.3 is 0 Å². The van der Waals surface area contributed by atoms with Crippen molar-refractivity contribution >= 4 is 17.5 Å². The minimum absolute atomic E-state index is 0.0110. The summed E-state index contributed by atoms with van der Waals surface area (Å²) in [6.45, 7) is 2.71. The summed E-state index contributed by atoms with van der Waals surface area (Å²) < 4.78 is 26.2. The van der Waals surface area contributed by atoms with Crippen molar-refractivity contribution in [3.8, 4) is 0 Å². The Balaban J connectivity index is 1.78. The lowest BCUT2D eigenvalue weighted by Crippen LogP contribution is -2.34.